The van der Waals surface area contributed by atoms with Crippen LogP contribution in [-0.2, 0) is 4.74 Å². The fourth-order valence-electron chi connectivity index (χ4n) is 0.986. The Balaban J connectivity index is 2.43. The average molecular weight is 248 g/mol. The van der Waals surface area contributed by atoms with Crippen molar-refractivity contribution < 1.29 is 9.53 Å². The molecule has 0 aromatic carbocycles. The lowest BCUT2D eigenvalue weighted by atomic mass is 10.2. The van der Waals surface area contributed by atoms with Crippen LogP contribution in [0.5, 0.6) is 0 Å². The monoisotopic (exact) mass is 247 g/mol. The minimum atomic E-state index is -0.411. The highest BCUT2D eigenvalue weighted by molar-refractivity contribution is 9.11. The first-order chi connectivity index (χ1) is 5.88. The molecule has 0 N–H and O–H groups in total. The highest BCUT2D eigenvalue weighted by Crippen LogP contribution is 2.17. The van der Waals surface area contributed by atoms with Gasteiger partial charge in [0.05, 0.1) is 6.54 Å². The number of rotatable bonds is 0. The normalized spacial score (nSPS) is 17.2. The summed E-state index contributed by atoms with van der Waals surface area (Å²) in [6.45, 7) is 6.85. The Bertz CT molecular complexity index is 242. The van der Waals surface area contributed by atoms with Gasteiger partial charge in [-0.2, -0.15) is 0 Å². The molecule has 0 aromatic rings. The lowest BCUT2D eigenvalue weighted by Gasteiger charge is -2.24. The second-order valence-electron chi connectivity index (χ2n) is 4.01. The minimum Gasteiger partial charge on any atom is -0.444 e. The molecule has 0 spiro atoms. The van der Waals surface area contributed by atoms with Crippen molar-refractivity contribution >= 4 is 22.0 Å². The zero-order valence-corrected chi connectivity index (χ0v) is 9.72. The van der Waals surface area contributed by atoms with Crippen LogP contribution in [0.1, 0.15) is 20.8 Å². The third kappa shape index (κ3) is 3.38. The second-order valence-corrected chi connectivity index (χ2v) is 5.03. The maximum atomic E-state index is 11.5. The molecule has 74 valence electrons. The predicted octanol–water partition coefficient (Wildman–Crippen LogP) is 2.52. The van der Waals surface area contributed by atoms with E-state index in [4.69, 9.17) is 4.74 Å². The Morgan fingerprint density at radius 3 is 2.62 bits per heavy atom. The first-order valence-electron chi connectivity index (χ1n) is 4.21. The van der Waals surface area contributed by atoms with Gasteiger partial charge in [-0.15, -0.1) is 0 Å². The molecule has 0 saturated heterocycles. The average Bonchev–Trinajstić information content (AvgIpc) is 2.31. The summed E-state index contributed by atoms with van der Waals surface area (Å²) >= 11 is 3.34. The van der Waals surface area contributed by atoms with Crippen molar-refractivity contribution in [2.45, 2.75) is 26.4 Å². The van der Waals surface area contributed by atoms with Crippen molar-refractivity contribution in [3.63, 3.8) is 0 Å². The molecule has 0 unspecified atom stereocenters. The minimum absolute atomic E-state index is 0.252. The van der Waals surface area contributed by atoms with E-state index in [9.17, 15) is 4.79 Å². The van der Waals surface area contributed by atoms with Gasteiger partial charge in [-0.25, -0.2) is 4.79 Å². The highest BCUT2D eigenvalue weighted by Gasteiger charge is 2.24. The van der Waals surface area contributed by atoms with E-state index in [0.717, 1.165) is 4.48 Å². The van der Waals surface area contributed by atoms with Crippen molar-refractivity contribution in [2.75, 3.05) is 13.1 Å². The maximum absolute atomic E-state index is 11.5. The quantitative estimate of drug-likeness (QED) is 0.659. The summed E-state index contributed by atoms with van der Waals surface area (Å²) in [6.07, 6.45) is 1.71. The van der Waals surface area contributed by atoms with Gasteiger partial charge in [0.15, 0.2) is 0 Å². The van der Waals surface area contributed by atoms with Crippen LogP contribution < -0.4 is 0 Å². The van der Waals surface area contributed by atoms with Crippen LogP contribution in [0, 0.1) is 0 Å². The molecule has 1 aliphatic rings. The SMILES string of the molecule is CC(C)(C)OC(=O)N1CC=C(Br)C1. The number of carbonyl (C=O) groups is 1. The van der Waals surface area contributed by atoms with Crippen LogP contribution >= 0.6 is 15.9 Å². The van der Waals surface area contributed by atoms with Crippen molar-refractivity contribution in [2.24, 2.45) is 0 Å². The molecular weight excluding hydrogens is 234 g/mol. The summed E-state index contributed by atoms with van der Waals surface area (Å²) in [5.41, 5.74) is -0.411. The summed E-state index contributed by atoms with van der Waals surface area (Å²) in [5.74, 6) is 0. The number of hydrogen-bond acceptors (Lipinski definition) is 2. The van der Waals surface area contributed by atoms with Gasteiger partial charge in [-0.05, 0) is 20.8 Å². The van der Waals surface area contributed by atoms with Crippen LogP contribution in [0.4, 0.5) is 4.79 Å². The van der Waals surface area contributed by atoms with E-state index >= 15 is 0 Å². The third-order valence-corrected chi connectivity index (χ3v) is 2.10. The molecule has 4 heteroatoms. The van der Waals surface area contributed by atoms with E-state index in [1.807, 2.05) is 26.8 Å². The fraction of sp³-hybridized carbons (Fsp3) is 0.667. The van der Waals surface area contributed by atoms with Crippen LogP contribution in [0.25, 0.3) is 0 Å². The molecule has 0 radical (unpaired) electrons. The predicted molar refractivity (Wildman–Crippen MR) is 54.8 cm³/mol. The Labute approximate surface area is 86.9 Å². The van der Waals surface area contributed by atoms with Crippen LogP contribution in [0.3, 0.4) is 0 Å². The van der Waals surface area contributed by atoms with Gasteiger partial charge >= 0.3 is 6.09 Å². The lowest BCUT2D eigenvalue weighted by Crippen LogP contribution is -2.35. The van der Waals surface area contributed by atoms with Gasteiger partial charge in [0.25, 0.3) is 0 Å². The molecule has 0 bridgehead atoms. The molecule has 0 fully saturated rings. The molecule has 1 heterocycles. The summed E-state index contributed by atoms with van der Waals surface area (Å²) in [6, 6.07) is 0. The molecule has 0 aromatic heterocycles. The summed E-state index contributed by atoms with van der Waals surface area (Å²) in [4.78, 5) is 13.1. The lowest BCUT2D eigenvalue weighted by molar-refractivity contribution is 0.0303. The Morgan fingerprint density at radius 1 is 1.62 bits per heavy atom. The number of nitrogens with zero attached hydrogens (tertiary/aromatic N) is 1. The Hall–Kier alpha value is -0.510. The molecule has 0 atom stereocenters. The first-order valence-corrected chi connectivity index (χ1v) is 5.00. The van der Waals surface area contributed by atoms with Crippen molar-refractivity contribution in [3.8, 4) is 0 Å². The van der Waals surface area contributed by atoms with Gasteiger partial charge in [-0.3, -0.25) is 4.90 Å². The summed E-state index contributed by atoms with van der Waals surface area (Å²) in [5, 5.41) is 0. The van der Waals surface area contributed by atoms with Crippen molar-refractivity contribution in [1.29, 1.82) is 0 Å². The highest BCUT2D eigenvalue weighted by atomic mass is 79.9. The van der Waals surface area contributed by atoms with Crippen LogP contribution in [0.15, 0.2) is 10.6 Å². The first kappa shape index (κ1) is 10.6. The zero-order chi connectivity index (χ0) is 10.1. The van der Waals surface area contributed by atoms with E-state index in [-0.39, 0.29) is 6.09 Å². The van der Waals surface area contributed by atoms with E-state index in [1.54, 1.807) is 4.90 Å². The molecule has 1 aliphatic heterocycles. The fourth-order valence-corrected chi connectivity index (χ4v) is 1.43. The number of hydrogen-bond donors (Lipinski definition) is 0. The van der Waals surface area contributed by atoms with Crippen molar-refractivity contribution in [1.82, 2.24) is 4.90 Å². The smallest absolute Gasteiger partial charge is 0.410 e. The zero-order valence-electron chi connectivity index (χ0n) is 8.13. The van der Waals surface area contributed by atoms with E-state index in [0.29, 0.717) is 13.1 Å². The third-order valence-electron chi connectivity index (χ3n) is 1.53. The summed E-state index contributed by atoms with van der Waals surface area (Å²) < 4.78 is 6.24. The van der Waals surface area contributed by atoms with Gasteiger partial charge in [0, 0.05) is 11.0 Å². The molecule has 1 rings (SSSR count). The van der Waals surface area contributed by atoms with Gasteiger partial charge in [0.2, 0.25) is 0 Å². The summed E-state index contributed by atoms with van der Waals surface area (Å²) in [7, 11) is 0. The largest absolute Gasteiger partial charge is 0.444 e. The molecule has 1 amide bonds. The number of ether oxygens (including phenoxy) is 1. The number of halogens is 1. The molecule has 0 aliphatic carbocycles. The van der Waals surface area contributed by atoms with Gasteiger partial charge < -0.3 is 4.74 Å². The Morgan fingerprint density at radius 2 is 2.23 bits per heavy atom. The van der Waals surface area contributed by atoms with Gasteiger partial charge in [-0.1, -0.05) is 22.0 Å². The number of carbonyl (C=O) groups excluding carboxylic acids is 1. The van der Waals surface area contributed by atoms with E-state index in [1.165, 1.54) is 0 Å². The second kappa shape index (κ2) is 3.70. The standard InChI is InChI=1S/C9H14BrNO2/c1-9(2,3)13-8(12)11-5-4-7(10)6-11/h4H,5-6H2,1-3H3. The maximum Gasteiger partial charge on any atom is 0.410 e. The van der Waals surface area contributed by atoms with E-state index < -0.39 is 5.60 Å². The molecule has 3 nitrogen and oxygen atoms in total. The van der Waals surface area contributed by atoms with Crippen molar-refractivity contribution in [3.05, 3.63) is 10.6 Å². The number of amides is 1. The van der Waals surface area contributed by atoms with Crippen LogP contribution in [0.2, 0.25) is 0 Å². The van der Waals surface area contributed by atoms with Gasteiger partial charge in [0.1, 0.15) is 5.60 Å². The molecule has 13 heavy (non-hydrogen) atoms. The molecule has 0 saturated carbocycles. The Kier molecular flexibility index (Phi) is 3.01. The van der Waals surface area contributed by atoms with E-state index in [2.05, 4.69) is 15.9 Å². The van der Waals surface area contributed by atoms with Crippen LogP contribution in [-0.4, -0.2) is 29.7 Å². The topological polar surface area (TPSA) is 29.5 Å². The molecular formula is C9H14BrNO2.